The molecule has 34 heavy (non-hydrogen) atoms. The van der Waals surface area contributed by atoms with E-state index >= 15 is 0 Å². The minimum atomic E-state index is -0.715. The summed E-state index contributed by atoms with van der Waals surface area (Å²) >= 11 is 2.29. The zero-order valence-electron chi connectivity index (χ0n) is 18.0. The molecule has 11 heteroatoms. The predicted octanol–water partition coefficient (Wildman–Crippen LogP) is 3.38. The number of thioether (sulfide) groups is 1. The van der Waals surface area contributed by atoms with Crippen LogP contribution in [0.25, 0.3) is 0 Å². The SMILES string of the molecule is COc1cccc(NC(=O)CSc2ccccc2C(=O)OCC(=O)Nc2sccc2C(N)=O)c1. The van der Waals surface area contributed by atoms with Crippen LogP contribution in [0, 0.1) is 0 Å². The number of thiophene rings is 1. The zero-order valence-corrected chi connectivity index (χ0v) is 19.7. The molecule has 2 aromatic carbocycles. The fourth-order valence-corrected chi connectivity index (χ4v) is 4.42. The number of amides is 3. The van der Waals surface area contributed by atoms with Crippen molar-refractivity contribution >= 4 is 57.5 Å². The highest BCUT2D eigenvalue weighted by Gasteiger charge is 2.17. The third-order valence-corrected chi connectivity index (χ3v) is 6.24. The summed E-state index contributed by atoms with van der Waals surface area (Å²) in [5.41, 5.74) is 6.25. The first-order valence-corrected chi connectivity index (χ1v) is 11.7. The maximum atomic E-state index is 12.6. The first-order valence-electron chi connectivity index (χ1n) is 9.87. The van der Waals surface area contributed by atoms with E-state index in [1.807, 2.05) is 0 Å². The summed E-state index contributed by atoms with van der Waals surface area (Å²) in [4.78, 5) is 48.9. The average molecular weight is 500 g/mol. The molecule has 0 saturated heterocycles. The second-order valence-corrected chi connectivity index (χ2v) is 8.65. The van der Waals surface area contributed by atoms with Gasteiger partial charge in [0.05, 0.1) is 24.0 Å². The largest absolute Gasteiger partial charge is 0.497 e. The van der Waals surface area contributed by atoms with Crippen molar-refractivity contribution < 1.29 is 28.7 Å². The zero-order chi connectivity index (χ0) is 24.5. The van der Waals surface area contributed by atoms with E-state index in [9.17, 15) is 19.2 Å². The van der Waals surface area contributed by atoms with Gasteiger partial charge in [0.1, 0.15) is 10.8 Å². The molecule has 3 amide bonds. The van der Waals surface area contributed by atoms with Gasteiger partial charge in [-0.2, -0.15) is 0 Å². The number of ether oxygens (including phenoxy) is 2. The molecule has 0 aliphatic carbocycles. The normalized spacial score (nSPS) is 10.3. The summed E-state index contributed by atoms with van der Waals surface area (Å²) in [6.07, 6.45) is 0. The van der Waals surface area contributed by atoms with E-state index in [0.717, 1.165) is 23.1 Å². The lowest BCUT2D eigenvalue weighted by molar-refractivity contribution is -0.119. The van der Waals surface area contributed by atoms with Crippen molar-refractivity contribution in [3.8, 4) is 5.75 Å². The second-order valence-electron chi connectivity index (χ2n) is 6.72. The molecule has 0 bridgehead atoms. The van der Waals surface area contributed by atoms with Crippen LogP contribution in [0.15, 0.2) is 64.9 Å². The number of esters is 1. The lowest BCUT2D eigenvalue weighted by atomic mass is 10.2. The Balaban J connectivity index is 1.54. The third-order valence-electron chi connectivity index (χ3n) is 4.34. The number of carbonyl (C=O) groups excluding carboxylic acids is 4. The third kappa shape index (κ3) is 6.83. The lowest BCUT2D eigenvalue weighted by Gasteiger charge is -2.10. The van der Waals surface area contributed by atoms with Crippen molar-refractivity contribution in [1.29, 1.82) is 0 Å². The van der Waals surface area contributed by atoms with E-state index in [2.05, 4.69) is 10.6 Å². The first kappa shape index (κ1) is 24.8. The van der Waals surface area contributed by atoms with Gasteiger partial charge >= 0.3 is 5.97 Å². The molecule has 1 heterocycles. The minimum absolute atomic E-state index is 0.0518. The van der Waals surface area contributed by atoms with Gasteiger partial charge in [-0.1, -0.05) is 18.2 Å². The molecule has 0 spiro atoms. The van der Waals surface area contributed by atoms with E-state index in [1.54, 1.807) is 53.9 Å². The molecule has 176 valence electrons. The highest BCUT2D eigenvalue weighted by atomic mass is 32.2. The highest BCUT2D eigenvalue weighted by Crippen LogP contribution is 2.25. The number of hydrogen-bond acceptors (Lipinski definition) is 8. The van der Waals surface area contributed by atoms with E-state index in [0.29, 0.717) is 16.3 Å². The van der Waals surface area contributed by atoms with Crippen LogP contribution in [0.3, 0.4) is 0 Å². The molecule has 0 fully saturated rings. The summed E-state index contributed by atoms with van der Waals surface area (Å²) in [5, 5.41) is 7.16. The van der Waals surface area contributed by atoms with Crippen molar-refractivity contribution in [2.24, 2.45) is 5.73 Å². The monoisotopic (exact) mass is 499 g/mol. The summed E-state index contributed by atoms with van der Waals surface area (Å²) in [6, 6.07) is 15.1. The van der Waals surface area contributed by atoms with Crippen molar-refractivity contribution in [2.45, 2.75) is 4.90 Å². The smallest absolute Gasteiger partial charge is 0.339 e. The molecular weight excluding hydrogens is 478 g/mol. The van der Waals surface area contributed by atoms with E-state index in [4.69, 9.17) is 15.2 Å². The molecule has 9 nitrogen and oxygen atoms in total. The number of nitrogens with one attached hydrogen (secondary N) is 2. The number of nitrogens with two attached hydrogens (primary N) is 1. The number of rotatable bonds is 10. The Morgan fingerprint density at radius 3 is 2.53 bits per heavy atom. The Morgan fingerprint density at radius 2 is 1.76 bits per heavy atom. The van der Waals surface area contributed by atoms with Gasteiger partial charge in [-0.3, -0.25) is 14.4 Å². The second kappa shape index (κ2) is 11.9. The van der Waals surface area contributed by atoms with Crippen LogP contribution in [0.2, 0.25) is 0 Å². The quantitative estimate of drug-likeness (QED) is 0.287. The van der Waals surface area contributed by atoms with Crippen LogP contribution in [0.4, 0.5) is 10.7 Å². The molecule has 0 aliphatic heterocycles. The molecule has 0 saturated carbocycles. The van der Waals surface area contributed by atoms with Gasteiger partial charge in [0.15, 0.2) is 6.61 Å². The van der Waals surface area contributed by atoms with Crippen LogP contribution in [0.5, 0.6) is 5.75 Å². The summed E-state index contributed by atoms with van der Waals surface area (Å²) in [5.74, 6) is -1.59. The maximum absolute atomic E-state index is 12.6. The highest BCUT2D eigenvalue weighted by molar-refractivity contribution is 8.00. The van der Waals surface area contributed by atoms with Crippen molar-refractivity contribution in [2.75, 3.05) is 30.1 Å². The maximum Gasteiger partial charge on any atom is 0.339 e. The number of benzene rings is 2. The Morgan fingerprint density at radius 1 is 0.971 bits per heavy atom. The van der Waals surface area contributed by atoms with Crippen LogP contribution >= 0.6 is 23.1 Å². The number of carbonyl (C=O) groups is 4. The molecule has 0 atom stereocenters. The fourth-order valence-electron chi connectivity index (χ4n) is 2.77. The number of anilines is 2. The summed E-state index contributed by atoms with van der Waals surface area (Å²) in [6.45, 7) is -0.551. The van der Waals surface area contributed by atoms with Crippen LogP contribution in [-0.4, -0.2) is 43.2 Å². The first-order chi connectivity index (χ1) is 16.4. The number of hydrogen-bond donors (Lipinski definition) is 3. The Bertz CT molecular complexity index is 1210. The van der Waals surface area contributed by atoms with Gasteiger partial charge in [-0.05, 0) is 35.7 Å². The summed E-state index contributed by atoms with van der Waals surface area (Å²) in [7, 11) is 1.54. The number of primary amides is 1. The topological polar surface area (TPSA) is 137 Å². The van der Waals surface area contributed by atoms with Crippen molar-refractivity contribution in [3.05, 3.63) is 71.1 Å². The molecular formula is C23H21N3O6S2. The summed E-state index contributed by atoms with van der Waals surface area (Å²) < 4.78 is 10.3. The lowest BCUT2D eigenvalue weighted by Crippen LogP contribution is -2.22. The van der Waals surface area contributed by atoms with Gasteiger partial charge in [0.25, 0.3) is 11.8 Å². The standard InChI is InChI=1S/C23H21N3O6S2/c1-31-15-6-4-5-14(11-15)25-20(28)13-34-18-8-3-2-7-16(18)23(30)32-12-19(27)26-22-17(21(24)29)9-10-33-22/h2-11H,12-13H2,1H3,(H2,24,29)(H,25,28)(H,26,27). The minimum Gasteiger partial charge on any atom is -0.497 e. The molecule has 1 aromatic heterocycles. The van der Waals surface area contributed by atoms with Crippen molar-refractivity contribution in [3.63, 3.8) is 0 Å². The van der Waals surface area contributed by atoms with Crippen LogP contribution in [-0.2, 0) is 14.3 Å². The van der Waals surface area contributed by atoms with E-state index in [-0.39, 0.29) is 27.8 Å². The van der Waals surface area contributed by atoms with Crippen LogP contribution in [0.1, 0.15) is 20.7 Å². The average Bonchev–Trinajstić information content (AvgIpc) is 3.30. The molecule has 3 aromatic rings. The van der Waals surface area contributed by atoms with Gasteiger partial charge in [-0.15, -0.1) is 23.1 Å². The van der Waals surface area contributed by atoms with Gasteiger partial charge < -0.3 is 25.8 Å². The Hall–Kier alpha value is -3.83. The van der Waals surface area contributed by atoms with Gasteiger partial charge in [-0.25, -0.2) is 4.79 Å². The van der Waals surface area contributed by atoms with E-state index in [1.165, 1.54) is 13.2 Å². The Labute approximate surface area is 203 Å². The van der Waals surface area contributed by atoms with Gasteiger partial charge in [0, 0.05) is 16.6 Å². The van der Waals surface area contributed by atoms with Gasteiger partial charge in [0.2, 0.25) is 5.91 Å². The fraction of sp³-hybridized carbons (Fsp3) is 0.130. The molecule has 0 aliphatic rings. The Kier molecular flexibility index (Phi) is 8.66. The molecule has 3 rings (SSSR count). The van der Waals surface area contributed by atoms with Crippen molar-refractivity contribution in [1.82, 2.24) is 0 Å². The molecule has 0 radical (unpaired) electrons. The molecule has 4 N–H and O–H groups in total. The van der Waals surface area contributed by atoms with E-state index < -0.39 is 24.4 Å². The molecule has 0 unspecified atom stereocenters. The number of methoxy groups -OCH3 is 1. The van der Waals surface area contributed by atoms with Crippen LogP contribution < -0.4 is 21.1 Å². The predicted molar refractivity (Wildman–Crippen MR) is 131 cm³/mol.